The maximum atomic E-state index is 15.0. The second-order valence-corrected chi connectivity index (χ2v) is 11.0. The Morgan fingerprint density at radius 3 is 2.64 bits per heavy atom. The monoisotopic (exact) mass is 622 g/mol. The van der Waals surface area contributed by atoms with Gasteiger partial charge in [0.05, 0.1) is 24.4 Å². The molecule has 2 N–H and O–H groups in total. The highest BCUT2D eigenvalue weighted by molar-refractivity contribution is 5.92. The van der Waals surface area contributed by atoms with Gasteiger partial charge >= 0.3 is 6.18 Å². The number of allylic oxidation sites excluding steroid dienone is 5. The van der Waals surface area contributed by atoms with E-state index in [2.05, 4.69) is 10.6 Å². The van der Waals surface area contributed by atoms with E-state index in [9.17, 15) is 13.2 Å². The van der Waals surface area contributed by atoms with E-state index in [1.807, 2.05) is 12.1 Å². The summed E-state index contributed by atoms with van der Waals surface area (Å²) in [7, 11) is 0. The lowest BCUT2D eigenvalue weighted by Crippen LogP contribution is -2.27. The standard InChI is InChI=1S/C33H31F5N6O/c1-3-45-21-15-26(34)24(27(35)16-21)18-44-29-11-7-6-10-22(29)30(43-44)32-41-28-12-13-39-17-23(28)31(42-32)40-20-9-5-4-8-19(2)25(14-20)33(36,37)38/h4-7,9-11,14-16,19,39H,3,8,12-13,17-18H2,1-2H3,(H,40,41,42)/b5-4+,20-9+,25-14+. The van der Waals surface area contributed by atoms with Gasteiger partial charge in [-0.25, -0.2) is 18.7 Å². The predicted molar refractivity (Wildman–Crippen MR) is 162 cm³/mol. The summed E-state index contributed by atoms with van der Waals surface area (Å²) in [6.07, 6.45) is 2.50. The Kier molecular flexibility index (Phi) is 8.41. The van der Waals surface area contributed by atoms with Gasteiger partial charge in [-0.05, 0) is 37.5 Å². The van der Waals surface area contributed by atoms with Crippen molar-refractivity contribution in [2.75, 3.05) is 18.5 Å². The van der Waals surface area contributed by atoms with Gasteiger partial charge in [0, 0.05) is 59.4 Å². The molecule has 1 unspecified atom stereocenters. The summed E-state index contributed by atoms with van der Waals surface area (Å²) in [6.45, 7) is 4.44. The van der Waals surface area contributed by atoms with E-state index in [4.69, 9.17) is 19.8 Å². The molecule has 4 aromatic rings. The minimum absolute atomic E-state index is 0.0980. The minimum atomic E-state index is -4.49. The van der Waals surface area contributed by atoms with E-state index in [0.717, 1.165) is 29.5 Å². The molecule has 0 spiro atoms. The molecule has 0 amide bonds. The van der Waals surface area contributed by atoms with Crippen molar-refractivity contribution >= 4 is 16.7 Å². The average Bonchev–Trinajstić information content (AvgIpc) is 3.36. The maximum Gasteiger partial charge on any atom is 0.413 e. The first-order valence-electron chi connectivity index (χ1n) is 14.7. The van der Waals surface area contributed by atoms with E-state index in [0.29, 0.717) is 41.9 Å². The van der Waals surface area contributed by atoms with E-state index in [1.54, 1.807) is 44.2 Å². The molecule has 0 bridgehead atoms. The Morgan fingerprint density at radius 2 is 1.89 bits per heavy atom. The van der Waals surface area contributed by atoms with Crippen LogP contribution in [0.4, 0.5) is 27.8 Å². The fraction of sp³-hybridized carbons (Fsp3) is 0.303. The van der Waals surface area contributed by atoms with Crippen molar-refractivity contribution in [2.24, 2.45) is 5.92 Å². The number of aromatic nitrogens is 4. The summed E-state index contributed by atoms with van der Waals surface area (Å²) in [5.74, 6) is -1.54. The first-order chi connectivity index (χ1) is 21.6. The molecule has 1 atom stereocenters. The molecule has 0 fully saturated rings. The lowest BCUT2D eigenvalue weighted by molar-refractivity contribution is -0.0982. The number of hydrogen-bond acceptors (Lipinski definition) is 6. The lowest BCUT2D eigenvalue weighted by Gasteiger charge is -2.23. The van der Waals surface area contributed by atoms with Crippen molar-refractivity contribution in [3.8, 4) is 17.3 Å². The molecule has 2 aliphatic rings. The van der Waals surface area contributed by atoms with Crippen LogP contribution >= 0.6 is 0 Å². The first-order valence-corrected chi connectivity index (χ1v) is 14.7. The van der Waals surface area contributed by atoms with Crippen molar-refractivity contribution in [1.82, 2.24) is 25.1 Å². The molecule has 0 saturated carbocycles. The zero-order chi connectivity index (χ0) is 31.7. The number of benzene rings is 2. The van der Waals surface area contributed by atoms with Crippen molar-refractivity contribution in [2.45, 2.75) is 46.0 Å². The molecule has 45 heavy (non-hydrogen) atoms. The van der Waals surface area contributed by atoms with E-state index >= 15 is 8.78 Å². The molecular weight excluding hydrogens is 591 g/mol. The number of nitrogens with zero attached hydrogens (tertiary/aromatic N) is 4. The van der Waals surface area contributed by atoms with Gasteiger partial charge in [0.1, 0.15) is 28.9 Å². The molecule has 7 nitrogen and oxygen atoms in total. The number of rotatable bonds is 7. The smallest absolute Gasteiger partial charge is 0.413 e. The maximum absolute atomic E-state index is 15.0. The van der Waals surface area contributed by atoms with E-state index < -0.39 is 29.3 Å². The fourth-order valence-corrected chi connectivity index (χ4v) is 5.61. The van der Waals surface area contributed by atoms with Crippen LogP contribution in [0.3, 0.4) is 0 Å². The van der Waals surface area contributed by atoms with Crippen LogP contribution < -0.4 is 15.4 Å². The molecule has 0 saturated heterocycles. The predicted octanol–water partition coefficient (Wildman–Crippen LogP) is 7.24. The van der Waals surface area contributed by atoms with Gasteiger partial charge in [0.2, 0.25) is 0 Å². The fourth-order valence-electron chi connectivity index (χ4n) is 5.61. The Morgan fingerprint density at radius 1 is 1.11 bits per heavy atom. The highest BCUT2D eigenvalue weighted by Crippen LogP contribution is 2.36. The average molecular weight is 623 g/mol. The first kappa shape index (κ1) is 30.4. The van der Waals surface area contributed by atoms with Crippen LogP contribution in [0.15, 0.2) is 72.0 Å². The lowest BCUT2D eigenvalue weighted by atomic mass is 9.94. The van der Waals surface area contributed by atoms with Crippen LogP contribution in [0.1, 0.15) is 37.1 Å². The SMILES string of the molecule is CCOc1cc(F)c(Cn2nc(-c3nc4c(c(NC5=C/C=C/CC(C)/C(C(F)(F)F)=C\5)n3)CNCC4)c3ccccc32)c(F)c1. The Labute approximate surface area is 256 Å². The van der Waals surface area contributed by atoms with Gasteiger partial charge in [-0.15, -0.1) is 0 Å². The summed E-state index contributed by atoms with van der Waals surface area (Å²) < 4.78 is 78.6. The van der Waals surface area contributed by atoms with Gasteiger partial charge in [0.25, 0.3) is 0 Å². The number of hydrogen-bond donors (Lipinski definition) is 2. The second-order valence-electron chi connectivity index (χ2n) is 11.0. The number of alkyl halides is 3. The summed E-state index contributed by atoms with van der Waals surface area (Å²) in [6, 6.07) is 9.50. The number of fused-ring (bicyclic) bond motifs is 2. The zero-order valence-electron chi connectivity index (χ0n) is 24.7. The van der Waals surface area contributed by atoms with Crippen LogP contribution in [-0.4, -0.2) is 39.1 Å². The molecular formula is C33H31F5N6O. The van der Waals surface area contributed by atoms with Gasteiger partial charge in [-0.1, -0.05) is 37.3 Å². The molecule has 2 aromatic carbocycles. The van der Waals surface area contributed by atoms with Crippen LogP contribution in [0.2, 0.25) is 0 Å². The molecule has 1 aliphatic heterocycles. The van der Waals surface area contributed by atoms with E-state index in [-0.39, 0.29) is 42.4 Å². The van der Waals surface area contributed by atoms with Crippen LogP contribution in [-0.2, 0) is 19.5 Å². The third-order valence-corrected chi connectivity index (χ3v) is 7.87. The quantitative estimate of drug-likeness (QED) is 0.212. The molecule has 6 rings (SSSR count). The zero-order valence-corrected chi connectivity index (χ0v) is 24.7. The minimum Gasteiger partial charge on any atom is -0.494 e. The summed E-state index contributed by atoms with van der Waals surface area (Å²) in [5, 5.41) is 11.8. The normalized spacial score (nSPS) is 19.9. The molecule has 12 heteroatoms. The molecule has 1 aliphatic carbocycles. The highest BCUT2D eigenvalue weighted by Gasteiger charge is 2.37. The van der Waals surface area contributed by atoms with Crippen molar-refractivity contribution < 1.29 is 26.7 Å². The van der Waals surface area contributed by atoms with Crippen LogP contribution in [0.25, 0.3) is 22.4 Å². The number of para-hydroxylation sites is 1. The Hall–Kier alpha value is -4.58. The highest BCUT2D eigenvalue weighted by atomic mass is 19.4. The summed E-state index contributed by atoms with van der Waals surface area (Å²) >= 11 is 0. The number of nitrogens with one attached hydrogen (secondary N) is 2. The second kappa shape index (κ2) is 12.4. The summed E-state index contributed by atoms with van der Waals surface area (Å²) in [5.41, 5.74) is 1.90. The third-order valence-electron chi connectivity index (χ3n) is 7.87. The molecule has 2 aromatic heterocycles. The third kappa shape index (κ3) is 6.32. The Bertz CT molecular complexity index is 1820. The number of ether oxygens (including phenoxy) is 1. The largest absolute Gasteiger partial charge is 0.494 e. The molecule has 0 radical (unpaired) electrons. The van der Waals surface area contributed by atoms with E-state index in [1.165, 1.54) is 4.68 Å². The molecule has 234 valence electrons. The van der Waals surface area contributed by atoms with Crippen molar-refractivity contribution in [3.05, 3.63) is 100 Å². The number of halogens is 5. The van der Waals surface area contributed by atoms with Gasteiger partial charge in [0.15, 0.2) is 5.82 Å². The van der Waals surface area contributed by atoms with Crippen molar-refractivity contribution in [3.63, 3.8) is 0 Å². The topological polar surface area (TPSA) is 76.9 Å². The van der Waals surface area contributed by atoms with Crippen molar-refractivity contribution in [1.29, 1.82) is 0 Å². The van der Waals surface area contributed by atoms with Gasteiger partial charge < -0.3 is 15.4 Å². The van der Waals surface area contributed by atoms with Gasteiger partial charge in [-0.2, -0.15) is 18.3 Å². The van der Waals surface area contributed by atoms with Crippen LogP contribution in [0, 0.1) is 17.6 Å². The summed E-state index contributed by atoms with van der Waals surface area (Å²) in [4.78, 5) is 9.58. The van der Waals surface area contributed by atoms with Crippen LogP contribution in [0.5, 0.6) is 5.75 Å². The van der Waals surface area contributed by atoms with Gasteiger partial charge in [-0.3, -0.25) is 4.68 Å². The Balaban J connectivity index is 1.43. The number of anilines is 1. The molecule has 3 heterocycles.